The van der Waals surface area contributed by atoms with Gasteiger partial charge < -0.3 is 9.72 Å². The highest BCUT2D eigenvalue weighted by molar-refractivity contribution is 6.03. The summed E-state index contributed by atoms with van der Waals surface area (Å²) in [7, 11) is 1.43. The lowest BCUT2D eigenvalue weighted by atomic mass is 10.1. The fourth-order valence-electron chi connectivity index (χ4n) is 1.95. The summed E-state index contributed by atoms with van der Waals surface area (Å²) in [6.45, 7) is 0. The van der Waals surface area contributed by atoms with Crippen LogP contribution in [0.1, 0.15) is 0 Å². The summed E-state index contributed by atoms with van der Waals surface area (Å²) in [6, 6.07) is 11.7. The predicted octanol–water partition coefficient (Wildman–Crippen LogP) is 2.08. The second kappa shape index (κ2) is 3.59. The van der Waals surface area contributed by atoms with Gasteiger partial charge in [-0.1, -0.05) is 30.3 Å². The average molecular weight is 226 g/mol. The van der Waals surface area contributed by atoms with E-state index in [2.05, 4.69) is 9.97 Å². The molecule has 2 aromatic carbocycles. The van der Waals surface area contributed by atoms with Gasteiger partial charge in [0, 0.05) is 5.39 Å². The van der Waals surface area contributed by atoms with E-state index < -0.39 is 0 Å². The van der Waals surface area contributed by atoms with Crippen LogP contribution in [0.3, 0.4) is 0 Å². The van der Waals surface area contributed by atoms with E-state index in [4.69, 9.17) is 4.74 Å². The summed E-state index contributed by atoms with van der Waals surface area (Å²) < 4.78 is 4.91. The molecule has 0 saturated carbocycles. The van der Waals surface area contributed by atoms with Crippen molar-refractivity contribution in [3.8, 4) is 5.88 Å². The van der Waals surface area contributed by atoms with Crippen molar-refractivity contribution in [1.29, 1.82) is 0 Å². The van der Waals surface area contributed by atoms with Crippen molar-refractivity contribution in [2.24, 2.45) is 0 Å². The maximum Gasteiger partial charge on any atom is 0.311 e. The van der Waals surface area contributed by atoms with E-state index in [1.54, 1.807) is 0 Å². The third kappa shape index (κ3) is 1.45. The summed E-state index contributed by atoms with van der Waals surface area (Å²) in [4.78, 5) is 18.7. The molecule has 0 aliphatic rings. The molecule has 0 amide bonds. The molecule has 4 nitrogen and oxygen atoms in total. The van der Waals surface area contributed by atoms with E-state index >= 15 is 0 Å². The molecule has 17 heavy (non-hydrogen) atoms. The number of aromatic amines is 1. The highest BCUT2D eigenvalue weighted by atomic mass is 16.5. The van der Waals surface area contributed by atoms with E-state index in [0.29, 0.717) is 0 Å². The molecule has 3 rings (SSSR count). The summed E-state index contributed by atoms with van der Waals surface area (Å²) in [6.07, 6.45) is 0. The van der Waals surface area contributed by atoms with Gasteiger partial charge in [-0.2, -0.15) is 0 Å². The van der Waals surface area contributed by atoms with Gasteiger partial charge in [-0.3, -0.25) is 4.79 Å². The van der Waals surface area contributed by atoms with Gasteiger partial charge in [0.15, 0.2) is 0 Å². The molecule has 3 aromatic rings. The van der Waals surface area contributed by atoms with Crippen LogP contribution in [-0.4, -0.2) is 17.1 Å². The fraction of sp³-hybridized carbons (Fsp3) is 0.0769. The Morgan fingerprint density at radius 1 is 1.18 bits per heavy atom. The summed E-state index contributed by atoms with van der Waals surface area (Å²) in [5.74, 6) is 0.0905. The number of nitrogens with zero attached hydrogens (tertiary/aromatic N) is 1. The number of H-pyrrole nitrogens is 1. The molecule has 0 bridgehead atoms. The Morgan fingerprint density at radius 3 is 2.82 bits per heavy atom. The van der Waals surface area contributed by atoms with Crippen LogP contribution in [-0.2, 0) is 0 Å². The van der Waals surface area contributed by atoms with Gasteiger partial charge in [0.2, 0.25) is 0 Å². The molecule has 1 N–H and O–H groups in total. The van der Waals surface area contributed by atoms with Gasteiger partial charge in [-0.05, 0) is 11.5 Å². The predicted molar refractivity (Wildman–Crippen MR) is 66.4 cm³/mol. The first kappa shape index (κ1) is 9.84. The van der Waals surface area contributed by atoms with Crippen molar-refractivity contribution in [1.82, 2.24) is 9.97 Å². The van der Waals surface area contributed by atoms with E-state index in [1.807, 2.05) is 36.4 Å². The van der Waals surface area contributed by atoms with Gasteiger partial charge in [0.05, 0.1) is 18.1 Å². The minimum atomic E-state index is -0.309. The molecule has 1 aromatic heterocycles. The standard InChI is InChI=1S/C13H10N2O2/c1-17-13-12(16)15-11-9-5-3-2-4-8(9)6-7-10(11)14-13/h2-7H,1H3,(H,15,16). The van der Waals surface area contributed by atoms with E-state index in [-0.39, 0.29) is 11.4 Å². The smallest absolute Gasteiger partial charge is 0.311 e. The van der Waals surface area contributed by atoms with Crippen LogP contribution in [0.25, 0.3) is 21.8 Å². The first-order valence-electron chi connectivity index (χ1n) is 5.25. The Morgan fingerprint density at radius 2 is 2.00 bits per heavy atom. The second-order valence-corrected chi connectivity index (χ2v) is 3.76. The summed E-state index contributed by atoms with van der Waals surface area (Å²) in [5.41, 5.74) is 1.16. The molecule has 0 atom stereocenters. The van der Waals surface area contributed by atoms with Gasteiger partial charge in [0.25, 0.3) is 5.88 Å². The molecular weight excluding hydrogens is 216 g/mol. The monoisotopic (exact) mass is 226 g/mol. The highest BCUT2D eigenvalue weighted by Gasteiger charge is 2.06. The Bertz CT molecular complexity index is 762. The number of fused-ring (bicyclic) bond motifs is 3. The van der Waals surface area contributed by atoms with Crippen LogP contribution in [0.4, 0.5) is 0 Å². The lowest BCUT2D eigenvalue weighted by Gasteiger charge is -2.04. The van der Waals surface area contributed by atoms with Crippen molar-refractivity contribution >= 4 is 21.8 Å². The first-order valence-corrected chi connectivity index (χ1v) is 5.25. The van der Waals surface area contributed by atoms with E-state index in [0.717, 1.165) is 21.8 Å². The molecule has 0 saturated heterocycles. The van der Waals surface area contributed by atoms with Crippen LogP contribution >= 0.6 is 0 Å². The summed E-state index contributed by atoms with van der Waals surface area (Å²) >= 11 is 0. The van der Waals surface area contributed by atoms with Gasteiger partial charge in [-0.25, -0.2) is 4.98 Å². The number of aromatic nitrogens is 2. The molecular formula is C13H10N2O2. The number of hydrogen-bond donors (Lipinski definition) is 1. The molecule has 0 aliphatic carbocycles. The molecule has 0 aliphatic heterocycles. The maximum absolute atomic E-state index is 11.7. The molecule has 84 valence electrons. The van der Waals surface area contributed by atoms with Gasteiger partial charge >= 0.3 is 5.56 Å². The van der Waals surface area contributed by atoms with Crippen molar-refractivity contribution in [2.75, 3.05) is 7.11 Å². The minimum absolute atomic E-state index is 0.0905. The molecule has 0 unspecified atom stereocenters. The second-order valence-electron chi connectivity index (χ2n) is 3.76. The zero-order chi connectivity index (χ0) is 11.8. The number of nitrogens with one attached hydrogen (secondary N) is 1. The number of methoxy groups -OCH3 is 1. The van der Waals surface area contributed by atoms with Crippen LogP contribution in [0.5, 0.6) is 5.88 Å². The van der Waals surface area contributed by atoms with E-state index in [1.165, 1.54) is 7.11 Å². The van der Waals surface area contributed by atoms with Crippen LogP contribution < -0.4 is 10.3 Å². The first-order chi connectivity index (χ1) is 8.29. The Balaban J connectivity index is 2.51. The van der Waals surface area contributed by atoms with Crippen molar-refractivity contribution in [3.63, 3.8) is 0 Å². The largest absolute Gasteiger partial charge is 0.477 e. The molecule has 0 spiro atoms. The molecule has 1 heterocycles. The van der Waals surface area contributed by atoms with Crippen molar-refractivity contribution in [2.45, 2.75) is 0 Å². The normalized spacial score (nSPS) is 10.9. The third-order valence-corrected chi connectivity index (χ3v) is 2.76. The molecule has 0 radical (unpaired) electrons. The zero-order valence-corrected chi connectivity index (χ0v) is 9.23. The Kier molecular flexibility index (Phi) is 2.08. The highest BCUT2D eigenvalue weighted by Crippen LogP contribution is 2.22. The lowest BCUT2D eigenvalue weighted by molar-refractivity contribution is 0.393. The lowest BCUT2D eigenvalue weighted by Crippen LogP contribution is -2.11. The van der Waals surface area contributed by atoms with Gasteiger partial charge in [0.1, 0.15) is 0 Å². The molecule has 0 fully saturated rings. The van der Waals surface area contributed by atoms with Crippen molar-refractivity contribution < 1.29 is 4.74 Å². The summed E-state index contributed by atoms with van der Waals surface area (Å²) in [5, 5.41) is 2.06. The van der Waals surface area contributed by atoms with Crippen LogP contribution in [0.15, 0.2) is 41.2 Å². The minimum Gasteiger partial charge on any atom is -0.477 e. The fourth-order valence-corrected chi connectivity index (χ4v) is 1.95. The quantitative estimate of drug-likeness (QED) is 0.646. The number of hydrogen-bond acceptors (Lipinski definition) is 3. The average Bonchev–Trinajstić information content (AvgIpc) is 2.38. The third-order valence-electron chi connectivity index (χ3n) is 2.76. The number of rotatable bonds is 1. The zero-order valence-electron chi connectivity index (χ0n) is 9.23. The van der Waals surface area contributed by atoms with Gasteiger partial charge in [-0.15, -0.1) is 0 Å². The van der Waals surface area contributed by atoms with Crippen LogP contribution in [0, 0.1) is 0 Å². The topological polar surface area (TPSA) is 55.0 Å². The maximum atomic E-state index is 11.7. The van der Waals surface area contributed by atoms with Crippen molar-refractivity contribution in [3.05, 3.63) is 46.8 Å². The molecule has 4 heteroatoms. The number of benzene rings is 2. The van der Waals surface area contributed by atoms with Crippen LogP contribution in [0.2, 0.25) is 0 Å². The number of ether oxygens (including phenoxy) is 1. The SMILES string of the molecule is COc1nc2ccc3ccccc3c2[nH]c1=O. The van der Waals surface area contributed by atoms with E-state index in [9.17, 15) is 4.79 Å². The Labute approximate surface area is 96.9 Å². The Hall–Kier alpha value is -2.36.